The number of benzene rings is 3. The number of ether oxygens (including phenoxy) is 1. The van der Waals surface area contributed by atoms with Gasteiger partial charge in [0.05, 0.1) is 19.3 Å². The molecule has 0 bridgehead atoms. The van der Waals surface area contributed by atoms with E-state index in [-0.39, 0.29) is 24.3 Å². The van der Waals surface area contributed by atoms with E-state index in [1.807, 2.05) is 84.9 Å². The van der Waals surface area contributed by atoms with Crippen LogP contribution in [0.2, 0.25) is 0 Å². The highest BCUT2D eigenvalue weighted by Crippen LogP contribution is 2.41. The number of hydrogen-bond donors (Lipinski definition) is 4. The molecule has 9 heteroatoms. The number of carbonyl (C=O) groups excluding carboxylic acids is 3. The molecule has 2 aliphatic rings. The summed E-state index contributed by atoms with van der Waals surface area (Å²) in [7, 11) is 1.63. The van der Waals surface area contributed by atoms with Gasteiger partial charge in [0.25, 0.3) is 0 Å². The average Bonchev–Trinajstić information content (AvgIpc) is 3.84. The number of aliphatic hydroxyl groups is 1. The van der Waals surface area contributed by atoms with Crippen LogP contribution in [0.1, 0.15) is 55.7 Å². The summed E-state index contributed by atoms with van der Waals surface area (Å²) in [5.74, 6) is 0.451. The highest BCUT2D eigenvalue weighted by atomic mass is 16.5. The minimum atomic E-state index is -0.981. The summed E-state index contributed by atoms with van der Waals surface area (Å²) in [5.41, 5.74) is 2.09. The maximum absolute atomic E-state index is 14.3. The van der Waals surface area contributed by atoms with E-state index in [1.165, 1.54) is 6.92 Å². The van der Waals surface area contributed by atoms with Crippen molar-refractivity contribution in [2.24, 2.45) is 5.92 Å². The highest BCUT2D eigenvalue weighted by Gasteiger charge is 2.52. The standard InChI is InChI=1S/C38H48N4O5/c1-27(43)41-38(24-30-16-17-30)20-21-42(37(38)46)34(19-18-28-10-5-3-6-11-28)36(45)40-33(23-29-12-7-4-8-13-29)35(44)26-39-25-31-14-9-15-32(22-31)47-2/h3-15,22,30,33-35,39,44H,16-21,23-26H2,1-2H3,(H,40,45)(H,41,43)/t33-,34-,35-,38+/m0/s1. The van der Waals surface area contributed by atoms with E-state index in [0.717, 1.165) is 35.3 Å². The summed E-state index contributed by atoms with van der Waals surface area (Å²) in [6.45, 7) is 2.60. The van der Waals surface area contributed by atoms with Gasteiger partial charge in [0.15, 0.2) is 0 Å². The maximum Gasteiger partial charge on any atom is 0.249 e. The van der Waals surface area contributed by atoms with Crippen LogP contribution in [-0.4, -0.2) is 71.7 Å². The van der Waals surface area contributed by atoms with Crippen molar-refractivity contribution in [3.05, 3.63) is 102 Å². The number of methoxy groups -OCH3 is 1. The van der Waals surface area contributed by atoms with E-state index >= 15 is 0 Å². The lowest BCUT2D eigenvalue weighted by atomic mass is 9.90. The van der Waals surface area contributed by atoms with Gasteiger partial charge in [-0.05, 0) is 66.8 Å². The van der Waals surface area contributed by atoms with Crippen molar-refractivity contribution in [3.63, 3.8) is 0 Å². The van der Waals surface area contributed by atoms with E-state index in [2.05, 4.69) is 16.0 Å². The first-order valence-electron chi connectivity index (χ1n) is 16.8. The number of aryl methyl sites for hydroxylation is 1. The number of likely N-dealkylation sites (tertiary alicyclic amines) is 1. The molecule has 0 aromatic heterocycles. The summed E-state index contributed by atoms with van der Waals surface area (Å²) in [6.07, 6.45) is 3.72. The van der Waals surface area contributed by atoms with Gasteiger partial charge in [-0.3, -0.25) is 14.4 Å². The fraction of sp³-hybridized carbons (Fsp3) is 0.447. The van der Waals surface area contributed by atoms with E-state index in [0.29, 0.717) is 51.1 Å². The van der Waals surface area contributed by atoms with Crippen LogP contribution in [0.3, 0.4) is 0 Å². The Balaban J connectivity index is 1.34. The Hall–Kier alpha value is -4.21. The van der Waals surface area contributed by atoms with Crippen LogP contribution in [-0.2, 0) is 33.8 Å². The second-order valence-corrected chi connectivity index (χ2v) is 13.1. The quantitative estimate of drug-likeness (QED) is 0.178. The number of rotatable bonds is 17. The Kier molecular flexibility index (Phi) is 11.7. The number of nitrogens with one attached hydrogen (secondary N) is 3. The molecule has 0 radical (unpaired) electrons. The molecule has 1 saturated heterocycles. The number of carbonyl (C=O) groups is 3. The molecule has 3 aromatic rings. The van der Waals surface area contributed by atoms with Crippen LogP contribution in [0.4, 0.5) is 0 Å². The fourth-order valence-corrected chi connectivity index (χ4v) is 6.70. The minimum absolute atomic E-state index is 0.187. The van der Waals surface area contributed by atoms with Crippen LogP contribution in [0.15, 0.2) is 84.9 Å². The third-order valence-electron chi connectivity index (χ3n) is 9.33. The molecule has 250 valence electrons. The number of nitrogens with zero attached hydrogens (tertiary/aromatic N) is 1. The van der Waals surface area contributed by atoms with Gasteiger partial charge in [-0.15, -0.1) is 0 Å². The summed E-state index contributed by atoms with van der Waals surface area (Å²) < 4.78 is 5.33. The zero-order valence-corrected chi connectivity index (χ0v) is 27.5. The normalized spacial score (nSPS) is 19.6. The smallest absolute Gasteiger partial charge is 0.249 e. The van der Waals surface area contributed by atoms with Crippen LogP contribution < -0.4 is 20.7 Å². The molecular formula is C38H48N4O5. The molecule has 4 atom stereocenters. The first kappa shape index (κ1) is 34.1. The molecular weight excluding hydrogens is 592 g/mol. The van der Waals surface area contributed by atoms with Crippen LogP contribution in [0, 0.1) is 5.92 Å². The van der Waals surface area contributed by atoms with Crippen LogP contribution in [0.25, 0.3) is 0 Å². The second-order valence-electron chi connectivity index (χ2n) is 13.1. The van der Waals surface area contributed by atoms with Crippen molar-refractivity contribution in [1.29, 1.82) is 0 Å². The Labute approximate surface area is 278 Å². The molecule has 2 fully saturated rings. The zero-order valence-electron chi connectivity index (χ0n) is 27.5. The van der Waals surface area contributed by atoms with Gasteiger partial charge in [0.2, 0.25) is 17.7 Å². The van der Waals surface area contributed by atoms with Gasteiger partial charge in [0.1, 0.15) is 17.3 Å². The fourth-order valence-electron chi connectivity index (χ4n) is 6.70. The van der Waals surface area contributed by atoms with Gasteiger partial charge in [-0.2, -0.15) is 0 Å². The first-order valence-corrected chi connectivity index (χ1v) is 16.8. The molecule has 5 rings (SSSR count). The lowest BCUT2D eigenvalue weighted by Crippen LogP contribution is -2.59. The van der Waals surface area contributed by atoms with E-state index in [9.17, 15) is 19.5 Å². The van der Waals surface area contributed by atoms with Crippen molar-refractivity contribution in [3.8, 4) is 5.75 Å². The predicted molar refractivity (Wildman–Crippen MR) is 182 cm³/mol. The third kappa shape index (κ3) is 9.42. The molecule has 47 heavy (non-hydrogen) atoms. The molecule has 1 saturated carbocycles. The Morgan fingerprint density at radius 2 is 1.66 bits per heavy atom. The summed E-state index contributed by atoms with van der Waals surface area (Å²) in [5, 5.41) is 20.9. The Morgan fingerprint density at radius 3 is 2.32 bits per heavy atom. The van der Waals surface area contributed by atoms with Crippen molar-refractivity contribution < 1.29 is 24.2 Å². The molecule has 4 N–H and O–H groups in total. The molecule has 1 aliphatic heterocycles. The molecule has 3 aromatic carbocycles. The summed E-state index contributed by atoms with van der Waals surface area (Å²) >= 11 is 0. The van der Waals surface area contributed by atoms with E-state index < -0.39 is 23.7 Å². The molecule has 9 nitrogen and oxygen atoms in total. The van der Waals surface area contributed by atoms with Crippen LogP contribution in [0.5, 0.6) is 5.75 Å². The number of aliphatic hydroxyl groups excluding tert-OH is 1. The van der Waals surface area contributed by atoms with E-state index in [1.54, 1.807) is 12.0 Å². The third-order valence-corrected chi connectivity index (χ3v) is 9.33. The predicted octanol–water partition coefficient (Wildman–Crippen LogP) is 3.78. The minimum Gasteiger partial charge on any atom is -0.497 e. The van der Waals surface area contributed by atoms with E-state index in [4.69, 9.17) is 4.74 Å². The lowest BCUT2D eigenvalue weighted by molar-refractivity contribution is -0.143. The van der Waals surface area contributed by atoms with Gasteiger partial charge in [0, 0.05) is 26.6 Å². The Morgan fingerprint density at radius 1 is 0.979 bits per heavy atom. The topological polar surface area (TPSA) is 120 Å². The van der Waals surface area contributed by atoms with Gasteiger partial charge < -0.3 is 30.7 Å². The molecule has 0 spiro atoms. The molecule has 1 heterocycles. The van der Waals surface area contributed by atoms with Crippen molar-refractivity contribution in [2.45, 2.75) is 82.1 Å². The van der Waals surface area contributed by atoms with Crippen molar-refractivity contribution in [2.75, 3.05) is 20.2 Å². The van der Waals surface area contributed by atoms with Crippen molar-refractivity contribution >= 4 is 17.7 Å². The lowest BCUT2D eigenvalue weighted by Gasteiger charge is -2.33. The molecule has 0 unspecified atom stereocenters. The van der Waals surface area contributed by atoms with Gasteiger partial charge in [-0.1, -0.05) is 85.6 Å². The SMILES string of the molecule is COc1cccc(CNC[C@H](O)[C@H](Cc2ccccc2)NC(=O)[C@H](CCc2ccccc2)N2CC[C@](CC3CC3)(NC(C)=O)C2=O)c1. The Bertz CT molecular complexity index is 1480. The van der Waals surface area contributed by atoms with Crippen molar-refractivity contribution in [1.82, 2.24) is 20.9 Å². The average molecular weight is 641 g/mol. The second kappa shape index (κ2) is 16.1. The monoisotopic (exact) mass is 640 g/mol. The number of amides is 3. The summed E-state index contributed by atoms with van der Waals surface area (Å²) in [6, 6.07) is 26.1. The van der Waals surface area contributed by atoms with Crippen LogP contribution >= 0.6 is 0 Å². The largest absolute Gasteiger partial charge is 0.497 e. The maximum atomic E-state index is 14.3. The zero-order chi connectivity index (χ0) is 33.2. The van der Waals surface area contributed by atoms with Gasteiger partial charge >= 0.3 is 0 Å². The summed E-state index contributed by atoms with van der Waals surface area (Å²) in [4.78, 5) is 42.4. The first-order chi connectivity index (χ1) is 22.8. The molecule has 3 amide bonds. The highest BCUT2D eigenvalue weighted by molar-refractivity contribution is 5.96. The van der Waals surface area contributed by atoms with Gasteiger partial charge in [-0.25, -0.2) is 0 Å². The molecule has 1 aliphatic carbocycles. The number of hydrogen-bond acceptors (Lipinski definition) is 6.